The van der Waals surface area contributed by atoms with Crippen LogP contribution in [0.3, 0.4) is 0 Å². The summed E-state index contributed by atoms with van der Waals surface area (Å²) in [5.74, 6) is -0.788. The Morgan fingerprint density at radius 2 is 1.96 bits per heavy atom. The Bertz CT molecular complexity index is 867. The van der Waals surface area contributed by atoms with Crippen molar-refractivity contribution >= 4 is 17.2 Å². The third-order valence-electron chi connectivity index (χ3n) is 4.72. The van der Waals surface area contributed by atoms with Crippen LogP contribution in [0.15, 0.2) is 66.3 Å². The first kappa shape index (κ1) is 20.2. The fourth-order valence-corrected chi connectivity index (χ4v) is 4.07. The number of carbonyl (C=O) groups is 1. The smallest absolute Gasteiger partial charge is 0.227 e. The zero-order valence-corrected chi connectivity index (χ0v) is 16.8. The summed E-state index contributed by atoms with van der Waals surface area (Å²) in [4.78, 5) is 20.5. The average Bonchev–Trinajstić information content (AvgIpc) is 3.22. The number of pyridine rings is 1. The summed E-state index contributed by atoms with van der Waals surface area (Å²) in [7, 11) is 4.01. The summed E-state index contributed by atoms with van der Waals surface area (Å²) < 4.78 is 13.4. The standard InChI is InChI=1S/C22H24FN3OS/c1-26(2)20(21-6-4-12-28-21)15-25-22(27)19(13-16-5-3-11-24-14-16)17-7-9-18(23)10-8-17/h3-12,14,19-20H,13,15H2,1-2H3,(H,25,27). The van der Waals surface area contributed by atoms with E-state index in [4.69, 9.17) is 0 Å². The zero-order valence-electron chi connectivity index (χ0n) is 16.0. The number of nitrogens with one attached hydrogen (secondary N) is 1. The third kappa shape index (κ3) is 5.24. The summed E-state index contributed by atoms with van der Waals surface area (Å²) in [6.45, 7) is 0.511. The molecule has 1 N–H and O–H groups in total. The molecule has 2 unspecified atom stereocenters. The van der Waals surface area contributed by atoms with Gasteiger partial charge in [0.25, 0.3) is 0 Å². The third-order valence-corrected chi connectivity index (χ3v) is 5.69. The molecule has 0 saturated heterocycles. The van der Waals surface area contributed by atoms with Gasteiger partial charge in [-0.1, -0.05) is 24.3 Å². The van der Waals surface area contributed by atoms with Gasteiger partial charge in [0.1, 0.15) is 5.82 Å². The van der Waals surface area contributed by atoms with Crippen molar-refractivity contribution in [3.63, 3.8) is 0 Å². The van der Waals surface area contributed by atoms with Gasteiger partial charge < -0.3 is 10.2 Å². The zero-order chi connectivity index (χ0) is 19.9. The van der Waals surface area contributed by atoms with Crippen LogP contribution in [0.2, 0.25) is 0 Å². The van der Waals surface area contributed by atoms with E-state index in [9.17, 15) is 9.18 Å². The van der Waals surface area contributed by atoms with E-state index >= 15 is 0 Å². The van der Waals surface area contributed by atoms with Gasteiger partial charge in [-0.3, -0.25) is 9.78 Å². The molecule has 6 heteroatoms. The van der Waals surface area contributed by atoms with Crippen molar-refractivity contribution in [2.45, 2.75) is 18.4 Å². The Morgan fingerprint density at radius 3 is 2.57 bits per heavy atom. The van der Waals surface area contributed by atoms with E-state index in [-0.39, 0.29) is 17.8 Å². The van der Waals surface area contributed by atoms with E-state index in [1.165, 1.54) is 17.0 Å². The lowest BCUT2D eigenvalue weighted by Crippen LogP contribution is -2.37. The van der Waals surface area contributed by atoms with Gasteiger partial charge in [0.2, 0.25) is 5.91 Å². The number of likely N-dealkylation sites (N-methyl/N-ethyl adjacent to an activating group) is 1. The van der Waals surface area contributed by atoms with Crippen molar-refractivity contribution in [1.82, 2.24) is 15.2 Å². The SMILES string of the molecule is CN(C)C(CNC(=O)C(Cc1cccnc1)c1ccc(F)cc1)c1cccs1. The Labute approximate surface area is 169 Å². The molecule has 28 heavy (non-hydrogen) atoms. The van der Waals surface area contributed by atoms with Gasteiger partial charge in [-0.25, -0.2) is 4.39 Å². The Kier molecular flexibility index (Phi) is 6.90. The summed E-state index contributed by atoms with van der Waals surface area (Å²) in [6.07, 6.45) is 3.98. The first-order chi connectivity index (χ1) is 13.5. The normalized spacial score (nSPS) is 13.3. The van der Waals surface area contributed by atoms with Crippen LogP contribution in [0, 0.1) is 5.82 Å². The van der Waals surface area contributed by atoms with E-state index < -0.39 is 5.92 Å². The number of rotatable bonds is 8. The number of halogens is 1. The molecule has 2 heterocycles. The fourth-order valence-electron chi connectivity index (χ4n) is 3.15. The van der Waals surface area contributed by atoms with Crippen molar-refractivity contribution in [1.29, 1.82) is 0 Å². The molecule has 4 nitrogen and oxygen atoms in total. The first-order valence-corrected chi connectivity index (χ1v) is 10.0. The van der Waals surface area contributed by atoms with Crippen molar-refractivity contribution in [3.05, 3.63) is 88.1 Å². The van der Waals surface area contributed by atoms with Gasteiger partial charge in [-0.15, -0.1) is 11.3 Å². The number of hydrogen-bond donors (Lipinski definition) is 1. The van der Waals surface area contributed by atoms with Crippen LogP contribution in [-0.4, -0.2) is 36.4 Å². The molecular formula is C22H24FN3OS. The molecule has 3 aromatic rings. The molecule has 0 spiro atoms. The van der Waals surface area contributed by atoms with E-state index in [0.717, 1.165) is 11.1 Å². The Morgan fingerprint density at radius 1 is 1.18 bits per heavy atom. The van der Waals surface area contributed by atoms with Crippen LogP contribution < -0.4 is 5.32 Å². The second-order valence-corrected chi connectivity index (χ2v) is 7.89. The number of amides is 1. The monoisotopic (exact) mass is 397 g/mol. The second kappa shape index (κ2) is 9.57. The summed E-state index contributed by atoms with van der Waals surface area (Å²) in [5, 5.41) is 5.14. The van der Waals surface area contributed by atoms with Gasteiger partial charge in [-0.2, -0.15) is 0 Å². The topological polar surface area (TPSA) is 45.2 Å². The maximum atomic E-state index is 13.4. The van der Waals surface area contributed by atoms with Crippen LogP contribution in [0.4, 0.5) is 4.39 Å². The molecule has 0 bridgehead atoms. The van der Waals surface area contributed by atoms with Crippen LogP contribution in [0.25, 0.3) is 0 Å². The highest BCUT2D eigenvalue weighted by atomic mass is 32.1. The number of benzene rings is 1. The van der Waals surface area contributed by atoms with E-state index in [0.29, 0.717) is 13.0 Å². The first-order valence-electron chi connectivity index (χ1n) is 9.16. The van der Waals surface area contributed by atoms with Crippen molar-refractivity contribution in [2.24, 2.45) is 0 Å². The quantitative estimate of drug-likeness (QED) is 0.624. The minimum Gasteiger partial charge on any atom is -0.354 e. The van der Waals surface area contributed by atoms with Crippen LogP contribution in [0.5, 0.6) is 0 Å². The number of thiophene rings is 1. The average molecular weight is 398 g/mol. The minimum atomic E-state index is -0.407. The molecule has 0 saturated carbocycles. The van der Waals surface area contributed by atoms with Crippen molar-refractivity contribution < 1.29 is 9.18 Å². The Balaban J connectivity index is 1.76. The van der Waals surface area contributed by atoms with Crippen LogP contribution >= 0.6 is 11.3 Å². The largest absolute Gasteiger partial charge is 0.354 e. The Hall–Kier alpha value is -2.57. The molecular weight excluding hydrogens is 373 g/mol. The van der Waals surface area contributed by atoms with E-state index in [1.807, 2.05) is 37.7 Å². The summed E-state index contributed by atoms with van der Waals surface area (Å²) >= 11 is 1.68. The maximum absolute atomic E-state index is 13.4. The molecule has 0 aliphatic carbocycles. The predicted octanol–water partition coefficient (Wildman–Crippen LogP) is 4.03. The van der Waals surface area contributed by atoms with E-state index in [1.54, 1.807) is 35.9 Å². The number of aromatic nitrogens is 1. The van der Waals surface area contributed by atoms with Crippen molar-refractivity contribution in [3.8, 4) is 0 Å². The van der Waals surface area contributed by atoms with Crippen molar-refractivity contribution in [2.75, 3.05) is 20.6 Å². The maximum Gasteiger partial charge on any atom is 0.227 e. The lowest BCUT2D eigenvalue weighted by atomic mass is 9.91. The van der Waals surface area contributed by atoms with Crippen LogP contribution in [0.1, 0.15) is 28.0 Å². The van der Waals surface area contributed by atoms with Gasteiger partial charge in [0.05, 0.1) is 12.0 Å². The van der Waals surface area contributed by atoms with Gasteiger partial charge in [-0.05, 0) is 61.3 Å². The van der Waals surface area contributed by atoms with Gasteiger partial charge in [0, 0.05) is 23.8 Å². The minimum absolute atomic E-state index is 0.0705. The number of nitrogens with zero attached hydrogens (tertiary/aromatic N) is 2. The molecule has 0 fully saturated rings. The molecule has 2 atom stereocenters. The highest BCUT2D eigenvalue weighted by Gasteiger charge is 2.23. The summed E-state index contributed by atoms with van der Waals surface area (Å²) in [5.41, 5.74) is 1.76. The number of carbonyl (C=O) groups excluding carboxylic acids is 1. The molecule has 1 aromatic carbocycles. The predicted molar refractivity (Wildman–Crippen MR) is 111 cm³/mol. The molecule has 1 amide bonds. The molecule has 0 radical (unpaired) electrons. The van der Waals surface area contributed by atoms with E-state index in [2.05, 4.69) is 21.3 Å². The lowest BCUT2D eigenvalue weighted by molar-refractivity contribution is -0.122. The van der Waals surface area contributed by atoms with Gasteiger partial charge >= 0.3 is 0 Å². The summed E-state index contributed by atoms with van der Waals surface area (Å²) in [6, 6.07) is 14.2. The molecule has 3 rings (SSSR count). The molecule has 2 aromatic heterocycles. The molecule has 146 valence electrons. The highest BCUT2D eigenvalue weighted by Crippen LogP contribution is 2.24. The second-order valence-electron chi connectivity index (χ2n) is 6.91. The number of hydrogen-bond acceptors (Lipinski definition) is 4. The fraction of sp³-hybridized carbons (Fsp3) is 0.273. The molecule has 0 aliphatic heterocycles. The lowest BCUT2D eigenvalue weighted by Gasteiger charge is -2.25. The highest BCUT2D eigenvalue weighted by molar-refractivity contribution is 7.10. The van der Waals surface area contributed by atoms with Gasteiger partial charge in [0.15, 0.2) is 0 Å². The van der Waals surface area contributed by atoms with Crippen LogP contribution in [-0.2, 0) is 11.2 Å². The molecule has 0 aliphatic rings.